The van der Waals surface area contributed by atoms with Crippen LogP contribution in [0.3, 0.4) is 0 Å². The first-order chi connectivity index (χ1) is 20.0. The number of nitrogens with one attached hydrogen (secondary N) is 1. The van der Waals surface area contributed by atoms with Crippen LogP contribution >= 0.6 is 75.3 Å². The van der Waals surface area contributed by atoms with Crippen molar-refractivity contribution in [2.75, 3.05) is 12.4 Å². The second-order valence-electron chi connectivity index (χ2n) is 9.60. The molecule has 1 aliphatic rings. The summed E-state index contributed by atoms with van der Waals surface area (Å²) in [5.74, 6) is -0.599. The van der Waals surface area contributed by atoms with Crippen molar-refractivity contribution in [1.29, 1.82) is 0 Å². The van der Waals surface area contributed by atoms with Gasteiger partial charge in [-0.05, 0) is 90.1 Å². The van der Waals surface area contributed by atoms with Gasteiger partial charge in [0.25, 0.3) is 11.8 Å². The van der Waals surface area contributed by atoms with Crippen molar-refractivity contribution in [3.63, 3.8) is 0 Å². The Balaban J connectivity index is 1.40. The van der Waals surface area contributed by atoms with Gasteiger partial charge < -0.3 is 15.1 Å². The zero-order valence-corrected chi connectivity index (χ0v) is 29.3. The maximum absolute atomic E-state index is 13.8. The summed E-state index contributed by atoms with van der Waals surface area (Å²) in [7, 11) is 1.73. The van der Waals surface area contributed by atoms with Gasteiger partial charge in [-0.2, -0.15) is 5.10 Å². The van der Waals surface area contributed by atoms with Crippen molar-refractivity contribution in [3.05, 3.63) is 106 Å². The average molecular weight is 844 g/mol. The average Bonchev–Trinajstić information content (AvgIpc) is 3.57. The van der Waals surface area contributed by atoms with E-state index in [-0.39, 0.29) is 18.0 Å². The SMILES string of the molecule is Cc1cc(Cl)cc(C2=NOC(C(=O)N(C)Cc3ccccc3)C2)c1NC(=O)c1cc(Br)nn1-c1c(Br)cc(Br)cc1Br. The first-order valence-electron chi connectivity index (χ1n) is 12.6. The molecule has 0 radical (unpaired) electrons. The lowest BCUT2D eigenvalue weighted by molar-refractivity contribution is -0.141. The summed E-state index contributed by atoms with van der Waals surface area (Å²) in [5, 5.41) is 12.2. The Bertz CT molecular complexity index is 1700. The number of rotatable bonds is 7. The van der Waals surface area contributed by atoms with E-state index in [0.29, 0.717) is 38.8 Å². The molecule has 0 saturated carbocycles. The van der Waals surface area contributed by atoms with Crippen molar-refractivity contribution in [2.24, 2.45) is 5.16 Å². The molecule has 216 valence electrons. The standard InChI is InChI=1S/C29H22Br4ClN5O3/c1-15-8-18(34)11-19(22-12-24(42-37-22)29(41)38(2)14-16-6-4-3-5-7-16)26(15)35-28(40)23-13-25(33)36-39(23)27-20(31)9-17(30)10-21(27)32/h3-11,13,24H,12,14H2,1-2H3,(H,35,40). The number of aromatic nitrogens is 2. The summed E-state index contributed by atoms with van der Waals surface area (Å²) >= 11 is 20.5. The lowest BCUT2D eigenvalue weighted by Crippen LogP contribution is -2.36. The van der Waals surface area contributed by atoms with E-state index in [1.807, 2.05) is 49.4 Å². The summed E-state index contributed by atoms with van der Waals surface area (Å²) in [6.07, 6.45) is -0.566. The smallest absolute Gasteiger partial charge is 0.274 e. The number of hydrogen-bond donors (Lipinski definition) is 1. The quantitative estimate of drug-likeness (QED) is 0.203. The third-order valence-corrected chi connectivity index (χ3v) is 8.81. The molecule has 1 aliphatic heterocycles. The van der Waals surface area contributed by atoms with E-state index in [1.165, 1.54) is 0 Å². The molecular weight excluding hydrogens is 821 g/mol. The third kappa shape index (κ3) is 6.67. The van der Waals surface area contributed by atoms with Crippen LogP contribution in [0, 0.1) is 6.92 Å². The fourth-order valence-electron chi connectivity index (χ4n) is 4.59. The summed E-state index contributed by atoms with van der Waals surface area (Å²) in [6.45, 7) is 2.28. The highest BCUT2D eigenvalue weighted by Gasteiger charge is 2.33. The summed E-state index contributed by atoms with van der Waals surface area (Å²) in [4.78, 5) is 34.1. The molecule has 0 saturated heterocycles. The number of carbonyl (C=O) groups excluding carboxylic acids is 2. The van der Waals surface area contributed by atoms with Crippen LogP contribution in [0.1, 0.15) is 33.6 Å². The Morgan fingerprint density at radius 3 is 2.45 bits per heavy atom. The Hall–Kier alpha value is -2.51. The monoisotopic (exact) mass is 839 g/mol. The molecule has 8 nitrogen and oxygen atoms in total. The molecule has 1 aromatic heterocycles. The number of oxime groups is 1. The van der Waals surface area contributed by atoms with E-state index in [4.69, 9.17) is 16.4 Å². The number of carbonyl (C=O) groups is 2. The minimum Gasteiger partial charge on any atom is -0.382 e. The van der Waals surface area contributed by atoms with E-state index >= 15 is 0 Å². The van der Waals surface area contributed by atoms with Gasteiger partial charge >= 0.3 is 0 Å². The Morgan fingerprint density at radius 2 is 1.76 bits per heavy atom. The first-order valence-corrected chi connectivity index (χ1v) is 16.1. The maximum Gasteiger partial charge on any atom is 0.274 e. The Kier molecular flexibility index (Phi) is 9.58. The lowest BCUT2D eigenvalue weighted by Gasteiger charge is -2.20. The number of halogens is 5. The fraction of sp³-hybridized carbons (Fsp3) is 0.172. The minimum atomic E-state index is -0.791. The van der Waals surface area contributed by atoms with Crippen LogP contribution in [0.5, 0.6) is 0 Å². The number of nitrogens with zero attached hydrogens (tertiary/aromatic N) is 4. The van der Waals surface area contributed by atoms with E-state index in [9.17, 15) is 9.59 Å². The predicted molar refractivity (Wildman–Crippen MR) is 177 cm³/mol. The van der Waals surface area contributed by atoms with Crippen LogP contribution in [0.4, 0.5) is 5.69 Å². The molecule has 42 heavy (non-hydrogen) atoms. The predicted octanol–water partition coefficient (Wildman–Crippen LogP) is 8.29. The number of hydrogen-bond acceptors (Lipinski definition) is 5. The van der Waals surface area contributed by atoms with Crippen molar-refractivity contribution in [1.82, 2.24) is 14.7 Å². The summed E-state index contributed by atoms with van der Waals surface area (Å²) in [6, 6.07) is 18.5. The van der Waals surface area contributed by atoms with Gasteiger partial charge in [-0.1, -0.05) is 63.0 Å². The molecule has 1 N–H and O–H groups in total. The molecule has 2 heterocycles. The number of likely N-dealkylation sites (N-methyl/N-ethyl adjacent to an activating group) is 1. The number of anilines is 1. The van der Waals surface area contributed by atoms with E-state index in [0.717, 1.165) is 24.5 Å². The highest BCUT2D eigenvalue weighted by molar-refractivity contribution is 9.11. The van der Waals surface area contributed by atoms with Crippen molar-refractivity contribution in [2.45, 2.75) is 26.0 Å². The Labute approximate surface area is 280 Å². The second-order valence-corrected chi connectivity index (χ2v) is 13.5. The van der Waals surface area contributed by atoms with Gasteiger partial charge in [-0.25, -0.2) is 4.68 Å². The molecule has 13 heteroatoms. The van der Waals surface area contributed by atoms with Crippen molar-refractivity contribution in [3.8, 4) is 5.69 Å². The molecule has 1 unspecified atom stereocenters. The Morgan fingerprint density at radius 1 is 1.07 bits per heavy atom. The second kappa shape index (κ2) is 13.0. The molecule has 0 aliphatic carbocycles. The van der Waals surface area contributed by atoms with Gasteiger partial charge in [0, 0.05) is 50.1 Å². The molecule has 0 bridgehead atoms. The van der Waals surface area contributed by atoms with Crippen molar-refractivity contribution >= 4 is 98.5 Å². The van der Waals surface area contributed by atoms with Crippen LogP contribution in [0.2, 0.25) is 5.02 Å². The lowest BCUT2D eigenvalue weighted by atomic mass is 9.99. The van der Waals surface area contributed by atoms with Crippen LogP contribution in [-0.4, -0.2) is 45.4 Å². The summed E-state index contributed by atoms with van der Waals surface area (Å²) < 4.78 is 4.32. The largest absolute Gasteiger partial charge is 0.382 e. The number of amides is 2. The van der Waals surface area contributed by atoms with Crippen LogP contribution in [0.15, 0.2) is 83.8 Å². The van der Waals surface area contributed by atoms with Gasteiger partial charge in [-0.3, -0.25) is 9.59 Å². The van der Waals surface area contributed by atoms with Gasteiger partial charge in [-0.15, -0.1) is 0 Å². The normalized spacial score (nSPS) is 14.4. The topological polar surface area (TPSA) is 88.8 Å². The van der Waals surface area contributed by atoms with Gasteiger partial charge in [0.15, 0.2) is 0 Å². The third-order valence-electron chi connectivity index (χ3n) is 6.54. The highest BCUT2D eigenvalue weighted by Crippen LogP contribution is 2.35. The first kappa shape index (κ1) is 30.9. The van der Waals surface area contributed by atoms with Gasteiger partial charge in [0.05, 0.1) is 17.1 Å². The molecule has 4 aromatic rings. The fourth-order valence-corrected chi connectivity index (χ4v) is 7.83. The number of aryl methyl sites for hydroxylation is 1. The molecule has 0 fully saturated rings. The zero-order valence-electron chi connectivity index (χ0n) is 22.2. The molecule has 5 rings (SSSR count). The van der Waals surface area contributed by atoms with Gasteiger partial charge in [0.1, 0.15) is 10.3 Å². The summed E-state index contributed by atoms with van der Waals surface area (Å²) in [5.41, 5.74) is 4.26. The highest BCUT2D eigenvalue weighted by atomic mass is 79.9. The molecule has 1 atom stereocenters. The van der Waals surface area contributed by atoms with Crippen LogP contribution in [-0.2, 0) is 16.2 Å². The van der Waals surface area contributed by atoms with Gasteiger partial charge in [0.2, 0.25) is 6.10 Å². The maximum atomic E-state index is 13.8. The van der Waals surface area contributed by atoms with Crippen LogP contribution in [0.25, 0.3) is 5.69 Å². The molecule has 0 spiro atoms. The minimum absolute atomic E-state index is 0.193. The zero-order chi connectivity index (χ0) is 30.1. The number of benzene rings is 3. The molecule has 3 aromatic carbocycles. The molecule has 2 amide bonds. The van der Waals surface area contributed by atoms with Crippen molar-refractivity contribution < 1.29 is 14.4 Å². The molecular formula is C29H22Br4ClN5O3. The van der Waals surface area contributed by atoms with Crippen LogP contribution < -0.4 is 5.32 Å². The van der Waals surface area contributed by atoms with E-state index in [2.05, 4.69) is 79.3 Å². The van der Waals surface area contributed by atoms with E-state index < -0.39 is 12.0 Å². The van der Waals surface area contributed by atoms with E-state index in [1.54, 1.807) is 34.8 Å².